The monoisotopic (exact) mass is 600 g/mol. The summed E-state index contributed by atoms with van der Waals surface area (Å²) in [4.78, 5) is 11.8. The minimum absolute atomic E-state index is 1.48. The Morgan fingerprint density at radius 2 is 1.00 bits per heavy atom. The summed E-state index contributed by atoms with van der Waals surface area (Å²) in [6.07, 6.45) is -7.39. The minimum atomic E-state index is -7.71. The number of hydrogen-bond donors (Lipinski definition) is 1. The Morgan fingerprint density at radius 1 is 0.694 bits per heavy atom. The predicted octanol–water partition coefficient (Wildman–Crippen LogP) is 7.66. The van der Waals surface area contributed by atoms with Crippen LogP contribution < -0.4 is 0 Å². The van der Waals surface area contributed by atoms with Gasteiger partial charge in [0.1, 0.15) is 11.3 Å². The number of aliphatic hydroxyl groups is 1. The van der Waals surface area contributed by atoms with Crippen LogP contribution in [0.15, 0.2) is 6.08 Å². The van der Waals surface area contributed by atoms with Gasteiger partial charge in [0, 0.05) is 6.08 Å². The fourth-order valence-corrected chi connectivity index (χ4v) is 3.55. The summed E-state index contributed by atoms with van der Waals surface area (Å²) in [6, 6.07) is 0. The second-order valence-corrected chi connectivity index (χ2v) is 7.68. The van der Waals surface area contributed by atoms with Crippen molar-refractivity contribution in [2.24, 2.45) is 0 Å². The van der Waals surface area contributed by atoms with Gasteiger partial charge in [0.25, 0.3) is 0 Å². The quantitative estimate of drug-likeness (QED) is 0.167. The van der Waals surface area contributed by atoms with E-state index in [1.54, 1.807) is 0 Å². The first-order valence-corrected chi connectivity index (χ1v) is 8.91. The fraction of sp³-hybridized carbons (Fsp3) is 0.438. The first-order valence-electron chi connectivity index (χ1n) is 8.16. The van der Waals surface area contributed by atoms with Gasteiger partial charge in [-0.1, -0.05) is 23.2 Å². The van der Waals surface area contributed by atoms with Gasteiger partial charge in [0.05, 0.1) is 15.6 Å². The maximum absolute atomic E-state index is 14.7. The Kier molecular flexibility index (Phi) is 6.65. The van der Waals surface area contributed by atoms with Gasteiger partial charge < -0.3 is 5.11 Å². The van der Waals surface area contributed by atoms with E-state index in [0.29, 0.717) is 0 Å². The molecule has 1 aliphatic carbocycles. The van der Waals surface area contributed by atoms with E-state index in [2.05, 4.69) is 0 Å². The largest absolute Gasteiger partial charge is 0.507 e. The molecule has 0 heterocycles. The summed E-state index contributed by atoms with van der Waals surface area (Å²) in [5.74, 6) is -50.8. The highest BCUT2D eigenvalue weighted by atomic mass is 35.5. The number of allylic oxidation sites excluding steroid dienone is 1. The van der Waals surface area contributed by atoms with E-state index < -0.39 is 91.9 Å². The Labute approximate surface area is 196 Å². The molecule has 0 aliphatic heterocycles. The second-order valence-electron chi connectivity index (χ2n) is 6.93. The van der Waals surface area contributed by atoms with Gasteiger partial charge in [-0.3, -0.25) is 4.79 Å². The summed E-state index contributed by atoms with van der Waals surface area (Å²) in [7, 11) is 0. The number of hydrogen-bond acceptors (Lipinski definition) is 2. The molecule has 1 saturated carbocycles. The topological polar surface area (TPSA) is 37.3 Å². The van der Waals surface area contributed by atoms with Gasteiger partial charge in [-0.2, -0.15) is 57.1 Å². The molecule has 0 amide bonds. The van der Waals surface area contributed by atoms with E-state index in [-0.39, 0.29) is 0 Å². The van der Waals surface area contributed by atoms with Crippen LogP contribution in [0.4, 0.5) is 70.2 Å². The number of halogens is 18. The number of benzene rings is 1. The summed E-state index contributed by atoms with van der Waals surface area (Å²) in [5, 5.41) is 5.33. The first-order chi connectivity index (χ1) is 15.7. The molecule has 1 N–H and O–H groups in total. The molecule has 1 aromatic carbocycles. The van der Waals surface area contributed by atoms with Crippen LogP contribution in [-0.4, -0.2) is 46.2 Å². The van der Waals surface area contributed by atoms with Crippen molar-refractivity contribution in [3.63, 3.8) is 0 Å². The van der Waals surface area contributed by atoms with Crippen LogP contribution in [0.3, 0.4) is 0 Å². The summed E-state index contributed by atoms with van der Waals surface area (Å²) >= 11 is 10.1. The number of rotatable bonds is 3. The standard InChI is InChI=1S/C16H2Cl2F16O2/c17-6-4(7(18)9(20)5(8(6)19)11(22,23)24)2(35)1-3(36)10(21)12(25,26)14(29,30)16(33,34)15(31,32)13(10,27)28/h1,35H/b2-1-. The number of carbonyl (C=O) groups excluding carboxylic acids is 1. The highest BCUT2D eigenvalue weighted by Crippen LogP contribution is 2.69. The number of aliphatic hydroxyl groups excluding tert-OH is 1. The maximum atomic E-state index is 14.7. The lowest BCUT2D eigenvalue weighted by atomic mass is 9.70. The van der Waals surface area contributed by atoms with E-state index >= 15 is 0 Å². The van der Waals surface area contributed by atoms with E-state index in [9.17, 15) is 80.1 Å². The van der Waals surface area contributed by atoms with Crippen LogP contribution >= 0.6 is 23.2 Å². The average molecular weight is 601 g/mol. The molecule has 1 aromatic rings. The van der Waals surface area contributed by atoms with Crippen LogP contribution in [0.5, 0.6) is 0 Å². The highest BCUT2D eigenvalue weighted by Gasteiger charge is 3.02. The van der Waals surface area contributed by atoms with E-state index in [4.69, 9.17) is 23.2 Å². The molecule has 0 atom stereocenters. The van der Waals surface area contributed by atoms with Gasteiger partial charge in [0.2, 0.25) is 5.78 Å². The zero-order valence-corrected chi connectivity index (χ0v) is 17.2. The van der Waals surface area contributed by atoms with Gasteiger partial charge in [0.15, 0.2) is 11.6 Å². The third kappa shape index (κ3) is 3.31. The van der Waals surface area contributed by atoms with Crippen molar-refractivity contribution in [2.75, 3.05) is 0 Å². The summed E-state index contributed by atoms with van der Waals surface area (Å²) in [5.41, 5.74) is -12.3. The Balaban J connectivity index is 2.85. The van der Waals surface area contributed by atoms with Crippen LogP contribution in [0.25, 0.3) is 5.76 Å². The maximum Gasteiger partial charge on any atom is 0.422 e. The summed E-state index contributed by atoms with van der Waals surface area (Å²) < 4.78 is 216. The zero-order chi connectivity index (χ0) is 28.8. The van der Waals surface area contributed by atoms with Gasteiger partial charge in [-0.15, -0.1) is 0 Å². The minimum Gasteiger partial charge on any atom is -0.507 e. The molecule has 36 heavy (non-hydrogen) atoms. The first kappa shape index (κ1) is 30.1. The number of ketones is 1. The number of carbonyl (C=O) groups is 1. The van der Waals surface area contributed by atoms with Gasteiger partial charge in [-0.25, -0.2) is 13.2 Å². The third-order valence-corrected chi connectivity index (χ3v) is 5.56. The molecule has 0 saturated heterocycles. The SMILES string of the molecule is O=C(/C=C(\O)c1c(Cl)c(F)c(C(F)(F)F)c(F)c1Cl)C1(F)C(F)(F)C(F)(F)C(F)(F)C(F)(F)C1(F)F. The average Bonchev–Trinajstić information content (AvgIpc) is 2.69. The van der Waals surface area contributed by atoms with Crippen LogP contribution in [0, 0.1) is 11.6 Å². The Bertz CT molecular complexity index is 1090. The molecule has 0 aromatic heterocycles. The molecule has 0 unspecified atom stereocenters. The van der Waals surface area contributed by atoms with Crippen molar-refractivity contribution in [1.82, 2.24) is 0 Å². The van der Waals surface area contributed by atoms with Crippen LogP contribution in [-0.2, 0) is 11.0 Å². The predicted molar refractivity (Wildman–Crippen MR) is 85.6 cm³/mol. The van der Waals surface area contributed by atoms with E-state index in [0.717, 1.165) is 0 Å². The molecule has 0 radical (unpaired) electrons. The lowest BCUT2D eigenvalue weighted by Crippen LogP contribution is -2.85. The smallest absolute Gasteiger partial charge is 0.422 e. The van der Waals surface area contributed by atoms with E-state index in [1.807, 2.05) is 0 Å². The molecule has 1 aliphatic rings. The zero-order valence-electron chi connectivity index (χ0n) is 15.7. The van der Waals surface area contributed by atoms with E-state index in [1.165, 1.54) is 0 Å². The normalized spacial score (nSPS) is 23.9. The number of alkyl halides is 14. The van der Waals surface area contributed by atoms with Crippen molar-refractivity contribution < 1.29 is 80.1 Å². The van der Waals surface area contributed by atoms with Gasteiger partial charge >= 0.3 is 41.5 Å². The van der Waals surface area contributed by atoms with Crippen LogP contribution in [0.2, 0.25) is 10.0 Å². The van der Waals surface area contributed by atoms with Crippen molar-refractivity contribution in [3.8, 4) is 0 Å². The molecule has 204 valence electrons. The van der Waals surface area contributed by atoms with Gasteiger partial charge in [-0.05, 0) is 0 Å². The second kappa shape index (κ2) is 7.94. The summed E-state index contributed by atoms with van der Waals surface area (Å²) in [6.45, 7) is 0. The van der Waals surface area contributed by atoms with Crippen molar-refractivity contribution >= 4 is 34.7 Å². The Hall–Kier alpha value is -2.11. The lowest BCUT2D eigenvalue weighted by molar-refractivity contribution is -0.475. The molecule has 0 bridgehead atoms. The Morgan fingerprint density at radius 3 is 1.31 bits per heavy atom. The molecule has 20 heteroatoms. The molecule has 0 spiro atoms. The third-order valence-electron chi connectivity index (χ3n) is 4.85. The van der Waals surface area contributed by atoms with Crippen molar-refractivity contribution in [2.45, 2.75) is 41.5 Å². The molecular weight excluding hydrogens is 599 g/mol. The van der Waals surface area contributed by atoms with Crippen LogP contribution in [0.1, 0.15) is 11.1 Å². The lowest BCUT2D eigenvalue weighted by Gasteiger charge is -2.51. The van der Waals surface area contributed by atoms with Crippen molar-refractivity contribution in [3.05, 3.63) is 38.9 Å². The fourth-order valence-electron chi connectivity index (χ4n) is 2.93. The molecule has 1 fully saturated rings. The highest BCUT2D eigenvalue weighted by molar-refractivity contribution is 6.38. The molecule has 2 nitrogen and oxygen atoms in total. The van der Waals surface area contributed by atoms with Crippen molar-refractivity contribution in [1.29, 1.82) is 0 Å². The molecular formula is C16H2Cl2F16O2. The molecule has 2 rings (SSSR count).